The second-order valence-corrected chi connectivity index (χ2v) is 7.16. The lowest BCUT2D eigenvalue weighted by molar-refractivity contribution is -0.0757. The Morgan fingerprint density at radius 2 is 2.21 bits per heavy atom. The van der Waals surface area contributed by atoms with Gasteiger partial charge in [-0.2, -0.15) is 0 Å². The van der Waals surface area contributed by atoms with Crippen LogP contribution in [0.2, 0.25) is 0 Å². The molecule has 1 spiro atoms. The van der Waals surface area contributed by atoms with Crippen LogP contribution in [0.5, 0.6) is 0 Å². The van der Waals surface area contributed by atoms with E-state index in [2.05, 4.69) is 9.97 Å². The van der Waals surface area contributed by atoms with Gasteiger partial charge in [0.05, 0.1) is 18.4 Å². The van der Waals surface area contributed by atoms with Crippen LogP contribution < -0.4 is 4.90 Å². The molecule has 0 atom stereocenters. The molecule has 8 heteroatoms. The Morgan fingerprint density at radius 1 is 1.42 bits per heavy atom. The van der Waals surface area contributed by atoms with Crippen LogP contribution in [0, 0.1) is 5.82 Å². The van der Waals surface area contributed by atoms with Crippen molar-refractivity contribution in [3.63, 3.8) is 0 Å². The Morgan fingerprint density at radius 3 is 2.92 bits per heavy atom. The fourth-order valence-electron chi connectivity index (χ4n) is 3.55. The highest BCUT2D eigenvalue weighted by atomic mass is 32.1. The van der Waals surface area contributed by atoms with E-state index in [0.29, 0.717) is 43.2 Å². The second-order valence-electron chi connectivity index (χ2n) is 6.03. The summed E-state index contributed by atoms with van der Waals surface area (Å²) in [5.74, 6) is -1.01. The van der Waals surface area contributed by atoms with Crippen LogP contribution in [-0.4, -0.2) is 40.7 Å². The Balaban J connectivity index is 1.60. The van der Waals surface area contributed by atoms with Gasteiger partial charge in [-0.3, -0.25) is 0 Å². The number of thiophene rings is 1. The molecule has 0 saturated carbocycles. The smallest absolute Gasteiger partial charge is 0.345 e. The Kier molecular flexibility index (Phi) is 3.73. The predicted molar refractivity (Wildman–Crippen MR) is 86.0 cm³/mol. The average Bonchev–Trinajstić information content (AvgIpc) is 3.03. The maximum Gasteiger partial charge on any atom is 0.345 e. The van der Waals surface area contributed by atoms with Gasteiger partial charge in [0.25, 0.3) is 0 Å². The average molecular weight is 349 g/mol. The Labute approximate surface area is 141 Å². The molecule has 2 aromatic heterocycles. The molecule has 2 aliphatic heterocycles. The summed E-state index contributed by atoms with van der Waals surface area (Å²) in [5, 5.41) is 9.25. The maximum absolute atomic E-state index is 13.9. The molecule has 1 N–H and O–H groups in total. The first-order valence-electron chi connectivity index (χ1n) is 7.80. The Hall–Kier alpha value is -2.06. The van der Waals surface area contributed by atoms with Crippen LogP contribution in [-0.2, 0) is 16.8 Å². The normalized spacial score (nSPS) is 19.3. The van der Waals surface area contributed by atoms with Crippen LogP contribution in [0.25, 0.3) is 0 Å². The van der Waals surface area contributed by atoms with E-state index < -0.39 is 17.4 Å². The first-order valence-corrected chi connectivity index (χ1v) is 8.62. The van der Waals surface area contributed by atoms with E-state index in [-0.39, 0.29) is 0 Å². The zero-order chi connectivity index (χ0) is 16.7. The van der Waals surface area contributed by atoms with E-state index in [9.17, 15) is 14.3 Å². The molecule has 0 unspecified atom stereocenters. The van der Waals surface area contributed by atoms with Gasteiger partial charge in [0.1, 0.15) is 11.2 Å². The monoisotopic (exact) mass is 349 g/mol. The Bertz CT molecular complexity index is 787. The first kappa shape index (κ1) is 15.5. The van der Waals surface area contributed by atoms with Crippen molar-refractivity contribution in [1.29, 1.82) is 0 Å². The highest BCUT2D eigenvalue weighted by Gasteiger charge is 2.42. The van der Waals surface area contributed by atoms with Crippen LogP contribution in [0.15, 0.2) is 18.6 Å². The number of carbonyl (C=O) groups is 1. The number of nitrogens with zero attached hydrogens (tertiary/aromatic N) is 3. The van der Waals surface area contributed by atoms with E-state index in [4.69, 9.17) is 4.74 Å². The summed E-state index contributed by atoms with van der Waals surface area (Å²) in [6.45, 7) is 1.80. The highest BCUT2D eigenvalue weighted by Crippen LogP contribution is 2.45. The molecule has 0 radical (unpaired) electrons. The van der Waals surface area contributed by atoms with Crippen LogP contribution >= 0.6 is 11.3 Å². The summed E-state index contributed by atoms with van der Waals surface area (Å²) < 4.78 is 20.0. The molecule has 1 saturated heterocycles. The zero-order valence-electron chi connectivity index (χ0n) is 12.9. The third-order valence-electron chi connectivity index (χ3n) is 4.74. The van der Waals surface area contributed by atoms with E-state index in [1.807, 2.05) is 4.90 Å². The topological polar surface area (TPSA) is 75.6 Å². The van der Waals surface area contributed by atoms with Gasteiger partial charge in [-0.15, -0.1) is 11.3 Å². The zero-order valence-corrected chi connectivity index (χ0v) is 13.7. The van der Waals surface area contributed by atoms with Crippen LogP contribution in [0.3, 0.4) is 0 Å². The summed E-state index contributed by atoms with van der Waals surface area (Å²) in [4.78, 5) is 22.3. The molecule has 0 amide bonds. The lowest BCUT2D eigenvalue weighted by Gasteiger charge is -2.44. The fourth-order valence-corrected chi connectivity index (χ4v) is 4.62. The number of carboxylic acid groups (broad SMARTS) is 1. The van der Waals surface area contributed by atoms with Crippen molar-refractivity contribution in [1.82, 2.24) is 9.97 Å². The molecule has 4 rings (SSSR count). The van der Waals surface area contributed by atoms with E-state index in [0.717, 1.165) is 16.9 Å². The number of piperidine rings is 1. The van der Waals surface area contributed by atoms with Gasteiger partial charge in [-0.25, -0.2) is 19.2 Å². The number of fused-ring (bicyclic) bond motifs is 2. The van der Waals surface area contributed by atoms with Gasteiger partial charge in [-0.1, -0.05) is 0 Å². The minimum Gasteiger partial charge on any atom is -0.477 e. The van der Waals surface area contributed by atoms with Gasteiger partial charge in [0.15, 0.2) is 11.6 Å². The molecule has 4 heterocycles. The van der Waals surface area contributed by atoms with Crippen molar-refractivity contribution in [2.24, 2.45) is 0 Å². The molecule has 0 aromatic carbocycles. The summed E-state index contributed by atoms with van der Waals surface area (Å²) in [6.07, 6.45) is 4.62. The number of ether oxygens (including phenoxy) is 1. The van der Waals surface area contributed by atoms with Crippen molar-refractivity contribution in [3.05, 3.63) is 39.7 Å². The van der Waals surface area contributed by atoms with E-state index >= 15 is 0 Å². The van der Waals surface area contributed by atoms with Crippen molar-refractivity contribution in [2.45, 2.75) is 24.9 Å². The molecule has 2 aromatic rings. The molecule has 0 bridgehead atoms. The predicted octanol–water partition coefficient (Wildman–Crippen LogP) is 2.44. The van der Waals surface area contributed by atoms with Gasteiger partial charge < -0.3 is 14.7 Å². The van der Waals surface area contributed by atoms with Gasteiger partial charge in [0.2, 0.25) is 0 Å². The molecular formula is C16H16FN3O3S. The number of hydrogen-bond acceptors (Lipinski definition) is 6. The molecular weight excluding hydrogens is 333 g/mol. The summed E-state index contributed by atoms with van der Waals surface area (Å²) >= 11 is 1.34. The molecule has 24 heavy (non-hydrogen) atoms. The number of halogens is 1. The van der Waals surface area contributed by atoms with Crippen molar-refractivity contribution < 1.29 is 19.0 Å². The minimum absolute atomic E-state index is 0.312. The van der Waals surface area contributed by atoms with Crippen molar-refractivity contribution in [2.75, 3.05) is 24.6 Å². The van der Waals surface area contributed by atoms with Crippen molar-refractivity contribution in [3.8, 4) is 0 Å². The van der Waals surface area contributed by atoms with Gasteiger partial charge >= 0.3 is 5.97 Å². The summed E-state index contributed by atoms with van der Waals surface area (Å²) in [7, 11) is 0. The van der Waals surface area contributed by atoms with Gasteiger partial charge in [0, 0.05) is 24.4 Å². The molecule has 126 valence electrons. The summed E-state index contributed by atoms with van der Waals surface area (Å²) in [6, 6.07) is 1.75. The summed E-state index contributed by atoms with van der Waals surface area (Å²) in [5.41, 5.74) is 0.539. The van der Waals surface area contributed by atoms with Crippen molar-refractivity contribution >= 4 is 23.1 Å². The van der Waals surface area contributed by atoms with E-state index in [1.54, 1.807) is 6.07 Å². The lowest BCUT2D eigenvalue weighted by Crippen LogP contribution is -2.46. The highest BCUT2D eigenvalue weighted by molar-refractivity contribution is 7.14. The number of aromatic nitrogens is 2. The molecule has 1 fully saturated rings. The number of carboxylic acids is 1. The number of hydrogen-bond donors (Lipinski definition) is 1. The standard InChI is InChI=1S/C16H16FN3O3S/c17-11-8-18-9-19-14(11)20-4-2-16(3-5-20)10-7-13(15(21)22)24-12(10)1-6-23-16/h7-9H,1-6H2,(H,21,22). The van der Waals surface area contributed by atoms with Crippen LogP contribution in [0.1, 0.15) is 33.0 Å². The number of aromatic carboxylic acids is 1. The molecule has 2 aliphatic rings. The number of anilines is 1. The largest absolute Gasteiger partial charge is 0.477 e. The maximum atomic E-state index is 13.9. The minimum atomic E-state index is -0.898. The molecule has 6 nitrogen and oxygen atoms in total. The van der Waals surface area contributed by atoms with Crippen LogP contribution in [0.4, 0.5) is 10.2 Å². The number of rotatable bonds is 2. The quantitative estimate of drug-likeness (QED) is 0.898. The SMILES string of the molecule is O=C(O)c1cc2c(s1)CCOC21CCN(c2ncncc2F)CC1. The third-order valence-corrected chi connectivity index (χ3v) is 5.92. The second kappa shape index (κ2) is 5.78. The fraction of sp³-hybridized carbons (Fsp3) is 0.438. The third kappa shape index (κ3) is 2.46. The molecule has 0 aliphatic carbocycles. The van der Waals surface area contributed by atoms with Gasteiger partial charge in [-0.05, 0) is 24.5 Å². The lowest BCUT2D eigenvalue weighted by atomic mass is 9.82. The van der Waals surface area contributed by atoms with E-state index in [1.165, 1.54) is 23.9 Å². The first-order chi connectivity index (χ1) is 11.6.